The normalized spacial score (nSPS) is 18.3. The number of morpholine rings is 1. The summed E-state index contributed by atoms with van der Waals surface area (Å²) in [6, 6.07) is 4.05. The van der Waals surface area contributed by atoms with E-state index in [4.69, 9.17) is 14.2 Å². The lowest BCUT2D eigenvalue weighted by Crippen LogP contribution is -2.38. The molecular weight excluding hydrogens is 377 g/mol. The van der Waals surface area contributed by atoms with Crippen LogP contribution >= 0.6 is 0 Å². The van der Waals surface area contributed by atoms with Crippen LogP contribution in [0.5, 0.6) is 11.5 Å². The maximum absolute atomic E-state index is 13.8. The van der Waals surface area contributed by atoms with E-state index in [-0.39, 0.29) is 23.3 Å². The average molecular weight is 401 g/mol. The molecule has 0 aliphatic carbocycles. The van der Waals surface area contributed by atoms with Crippen LogP contribution in [0.15, 0.2) is 24.3 Å². The highest BCUT2D eigenvalue weighted by atomic mass is 19.1. The minimum absolute atomic E-state index is 0.00757. The number of hydrogen-bond acceptors (Lipinski definition) is 6. The molecule has 154 valence electrons. The molecule has 6 nitrogen and oxygen atoms in total. The number of aromatic hydroxyl groups is 1. The molecule has 0 atom stereocenters. The van der Waals surface area contributed by atoms with Gasteiger partial charge in [0.2, 0.25) is 0 Å². The first-order chi connectivity index (χ1) is 13.9. The van der Waals surface area contributed by atoms with E-state index in [0.29, 0.717) is 36.5 Å². The van der Waals surface area contributed by atoms with Gasteiger partial charge in [0.05, 0.1) is 13.2 Å². The Hall–Kier alpha value is -2.64. The minimum Gasteiger partial charge on any atom is -0.506 e. The van der Waals surface area contributed by atoms with Crippen molar-refractivity contribution in [3.63, 3.8) is 0 Å². The molecule has 0 saturated carbocycles. The van der Waals surface area contributed by atoms with Crippen molar-refractivity contribution < 1.29 is 28.5 Å². The number of phenolic OH excluding ortho intramolecular Hbond substituents is 1. The highest BCUT2D eigenvalue weighted by molar-refractivity contribution is 6.08. The molecule has 0 bridgehead atoms. The Morgan fingerprint density at radius 1 is 1.28 bits per heavy atom. The first-order valence-electron chi connectivity index (χ1n) is 9.69. The number of hydrogen-bond donors (Lipinski definition) is 1. The van der Waals surface area contributed by atoms with E-state index in [2.05, 4.69) is 4.90 Å². The number of nitrogens with zero attached hydrogens (tertiary/aromatic N) is 1. The SMILES string of the molecule is CC1(C)C=Cc2c(C(=O)OCCN3CCOCC3)c(O)c3cc(F)ccc3c2O1. The molecule has 4 rings (SSSR count). The van der Waals surface area contributed by atoms with Crippen LogP contribution in [0.4, 0.5) is 4.39 Å². The molecule has 0 aromatic heterocycles. The molecular formula is C22H24FNO5. The largest absolute Gasteiger partial charge is 0.506 e. The van der Waals surface area contributed by atoms with Crippen molar-refractivity contribution in [2.75, 3.05) is 39.5 Å². The monoisotopic (exact) mass is 401 g/mol. The predicted molar refractivity (Wildman–Crippen MR) is 107 cm³/mol. The van der Waals surface area contributed by atoms with E-state index in [1.807, 2.05) is 19.9 Å². The second-order valence-corrected chi connectivity index (χ2v) is 7.79. The molecule has 2 aromatic carbocycles. The number of carbonyl (C=O) groups excluding carboxylic acids is 1. The number of ether oxygens (including phenoxy) is 3. The van der Waals surface area contributed by atoms with Gasteiger partial charge in [-0.1, -0.05) is 6.08 Å². The Morgan fingerprint density at radius 2 is 2.03 bits per heavy atom. The molecule has 2 aliphatic rings. The lowest BCUT2D eigenvalue weighted by atomic mass is 9.93. The maximum Gasteiger partial charge on any atom is 0.342 e. The van der Waals surface area contributed by atoms with Crippen LogP contribution < -0.4 is 4.74 Å². The Labute approximate surface area is 168 Å². The number of phenols is 1. The van der Waals surface area contributed by atoms with E-state index in [1.165, 1.54) is 12.1 Å². The molecule has 2 heterocycles. The van der Waals surface area contributed by atoms with Crippen molar-refractivity contribution >= 4 is 22.8 Å². The van der Waals surface area contributed by atoms with Gasteiger partial charge in [-0.2, -0.15) is 0 Å². The highest BCUT2D eigenvalue weighted by Crippen LogP contribution is 2.45. The lowest BCUT2D eigenvalue weighted by molar-refractivity contribution is 0.0194. The third-order valence-corrected chi connectivity index (χ3v) is 5.20. The van der Waals surface area contributed by atoms with Crippen LogP contribution in [-0.4, -0.2) is 61.0 Å². The molecule has 2 aliphatic heterocycles. The zero-order chi connectivity index (χ0) is 20.6. The Bertz CT molecular complexity index is 979. The smallest absolute Gasteiger partial charge is 0.342 e. The van der Waals surface area contributed by atoms with E-state index in [1.54, 1.807) is 12.1 Å². The van der Waals surface area contributed by atoms with Crippen LogP contribution in [-0.2, 0) is 9.47 Å². The van der Waals surface area contributed by atoms with Gasteiger partial charge in [0.1, 0.15) is 35.1 Å². The van der Waals surface area contributed by atoms with Gasteiger partial charge < -0.3 is 19.3 Å². The topological polar surface area (TPSA) is 68.2 Å². The summed E-state index contributed by atoms with van der Waals surface area (Å²) in [5.74, 6) is -1.04. The van der Waals surface area contributed by atoms with E-state index in [9.17, 15) is 14.3 Å². The molecule has 2 aromatic rings. The van der Waals surface area contributed by atoms with Crippen LogP contribution in [0.1, 0.15) is 29.8 Å². The predicted octanol–water partition coefficient (Wildman–Crippen LogP) is 3.36. The molecule has 0 unspecified atom stereocenters. The molecule has 29 heavy (non-hydrogen) atoms. The highest BCUT2D eigenvalue weighted by Gasteiger charge is 2.31. The van der Waals surface area contributed by atoms with Gasteiger partial charge in [0.25, 0.3) is 0 Å². The van der Waals surface area contributed by atoms with Crippen LogP contribution in [0.25, 0.3) is 16.8 Å². The number of fused-ring (bicyclic) bond motifs is 3. The van der Waals surface area contributed by atoms with Crippen molar-refractivity contribution in [2.24, 2.45) is 0 Å². The summed E-state index contributed by atoms with van der Waals surface area (Å²) in [6.45, 7) is 7.44. The summed E-state index contributed by atoms with van der Waals surface area (Å²) in [5.41, 5.74) is -0.160. The Morgan fingerprint density at radius 3 is 2.79 bits per heavy atom. The first-order valence-corrected chi connectivity index (χ1v) is 9.69. The maximum atomic E-state index is 13.8. The minimum atomic E-state index is -0.661. The lowest BCUT2D eigenvalue weighted by Gasteiger charge is -2.30. The number of benzene rings is 2. The van der Waals surface area contributed by atoms with Crippen molar-refractivity contribution in [3.05, 3.63) is 41.2 Å². The molecule has 0 spiro atoms. The first kappa shape index (κ1) is 19.7. The number of esters is 1. The fourth-order valence-corrected chi connectivity index (χ4v) is 3.65. The summed E-state index contributed by atoms with van der Waals surface area (Å²) in [5, 5.41) is 11.6. The average Bonchev–Trinajstić information content (AvgIpc) is 2.69. The fraction of sp³-hybridized carbons (Fsp3) is 0.409. The molecule has 0 radical (unpaired) electrons. The standard InChI is InChI=1S/C22H24FNO5/c1-22(2)6-5-16-18(21(26)28-12-9-24-7-10-27-11-8-24)19(25)17-13-14(23)3-4-15(17)20(16)29-22/h3-6,13,25H,7-12H2,1-2H3. The van der Waals surface area contributed by atoms with Gasteiger partial charge in [0, 0.05) is 36.0 Å². The van der Waals surface area contributed by atoms with Crippen molar-refractivity contribution in [1.29, 1.82) is 0 Å². The van der Waals surface area contributed by atoms with Gasteiger partial charge in [0.15, 0.2) is 0 Å². The van der Waals surface area contributed by atoms with E-state index in [0.717, 1.165) is 13.1 Å². The third kappa shape index (κ3) is 3.93. The molecule has 7 heteroatoms. The quantitative estimate of drug-likeness (QED) is 0.793. The van der Waals surface area contributed by atoms with Gasteiger partial charge in [-0.3, -0.25) is 4.90 Å². The van der Waals surface area contributed by atoms with E-state index >= 15 is 0 Å². The fourth-order valence-electron chi connectivity index (χ4n) is 3.65. The second-order valence-electron chi connectivity index (χ2n) is 7.79. The van der Waals surface area contributed by atoms with Crippen LogP contribution in [0.3, 0.4) is 0 Å². The second kappa shape index (κ2) is 7.65. The molecule has 1 N–H and O–H groups in total. The zero-order valence-electron chi connectivity index (χ0n) is 16.5. The number of halogens is 1. The molecule has 1 fully saturated rings. The summed E-state index contributed by atoms with van der Waals surface area (Å²) in [4.78, 5) is 15.0. The van der Waals surface area contributed by atoms with Gasteiger partial charge in [-0.15, -0.1) is 0 Å². The summed E-state index contributed by atoms with van der Waals surface area (Å²) in [7, 11) is 0. The number of carbonyl (C=O) groups is 1. The molecule has 0 amide bonds. The van der Waals surface area contributed by atoms with Crippen LogP contribution in [0, 0.1) is 5.82 Å². The number of rotatable bonds is 4. The zero-order valence-corrected chi connectivity index (χ0v) is 16.5. The third-order valence-electron chi connectivity index (χ3n) is 5.20. The van der Waals surface area contributed by atoms with Gasteiger partial charge in [-0.05, 0) is 38.1 Å². The summed E-state index contributed by atoms with van der Waals surface area (Å²) < 4.78 is 30.7. The van der Waals surface area contributed by atoms with E-state index < -0.39 is 17.4 Å². The Balaban J connectivity index is 1.67. The van der Waals surface area contributed by atoms with Crippen molar-refractivity contribution in [2.45, 2.75) is 19.4 Å². The van der Waals surface area contributed by atoms with Gasteiger partial charge in [-0.25, -0.2) is 9.18 Å². The Kier molecular flexibility index (Phi) is 5.19. The van der Waals surface area contributed by atoms with Crippen molar-refractivity contribution in [1.82, 2.24) is 4.90 Å². The molecule has 1 saturated heterocycles. The van der Waals surface area contributed by atoms with Gasteiger partial charge >= 0.3 is 5.97 Å². The van der Waals surface area contributed by atoms with Crippen molar-refractivity contribution in [3.8, 4) is 11.5 Å². The summed E-state index contributed by atoms with van der Waals surface area (Å²) >= 11 is 0. The summed E-state index contributed by atoms with van der Waals surface area (Å²) in [6.07, 6.45) is 3.56. The van der Waals surface area contributed by atoms with Crippen LogP contribution in [0.2, 0.25) is 0 Å².